The molecule has 2 amide bonds. The van der Waals surface area contributed by atoms with Gasteiger partial charge in [0.25, 0.3) is 11.7 Å². The van der Waals surface area contributed by atoms with Gasteiger partial charge in [-0.1, -0.05) is 29.8 Å². The highest BCUT2D eigenvalue weighted by Gasteiger charge is 2.36. The van der Waals surface area contributed by atoms with Crippen molar-refractivity contribution in [3.63, 3.8) is 0 Å². The Morgan fingerprint density at radius 3 is 2.71 bits per heavy atom. The number of nitrogens with one attached hydrogen (secondary N) is 1. The van der Waals surface area contributed by atoms with E-state index >= 15 is 0 Å². The van der Waals surface area contributed by atoms with E-state index in [-0.39, 0.29) is 12.5 Å². The van der Waals surface area contributed by atoms with Gasteiger partial charge in [0, 0.05) is 11.0 Å². The summed E-state index contributed by atoms with van der Waals surface area (Å²) in [5.41, 5.74) is 0.830. The number of benzene rings is 1. The van der Waals surface area contributed by atoms with E-state index in [2.05, 4.69) is 35.1 Å². The van der Waals surface area contributed by atoms with Gasteiger partial charge in [-0.2, -0.15) is 0 Å². The van der Waals surface area contributed by atoms with Crippen molar-refractivity contribution < 1.29 is 14.4 Å². The highest BCUT2D eigenvalue weighted by molar-refractivity contribution is 9.10. The maximum absolute atomic E-state index is 12.0. The summed E-state index contributed by atoms with van der Waals surface area (Å²) in [6.07, 6.45) is 0.876. The molecule has 1 aromatic carbocycles. The molecular formula is C15H17BrN2O3. The maximum Gasteiger partial charge on any atom is 0.299 e. The Kier molecular flexibility index (Phi) is 4.77. The highest BCUT2D eigenvalue weighted by Crippen LogP contribution is 2.31. The van der Waals surface area contributed by atoms with Crippen LogP contribution in [-0.2, 0) is 9.59 Å². The minimum absolute atomic E-state index is 0.133. The molecule has 0 fully saturated rings. The predicted molar refractivity (Wildman–Crippen MR) is 83.3 cm³/mol. The molecule has 2 rings (SSSR count). The Labute approximate surface area is 131 Å². The van der Waals surface area contributed by atoms with Crippen molar-refractivity contribution in [1.82, 2.24) is 5.32 Å². The predicted octanol–water partition coefficient (Wildman–Crippen LogP) is 2.14. The van der Waals surface area contributed by atoms with Crippen molar-refractivity contribution in [3.8, 4) is 0 Å². The van der Waals surface area contributed by atoms with Crippen LogP contribution in [0, 0.1) is 5.92 Å². The number of rotatable bonds is 5. The number of fused-ring (bicyclic) bond motifs is 1. The Balaban J connectivity index is 2.07. The molecule has 0 spiro atoms. The lowest BCUT2D eigenvalue weighted by Gasteiger charge is -2.16. The van der Waals surface area contributed by atoms with E-state index < -0.39 is 11.7 Å². The summed E-state index contributed by atoms with van der Waals surface area (Å²) in [6, 6.07) is 4.98. The number of amides is 2. The zero-order valence-electron chi connectivity index (χ0n) is 12.0. The smallest absolute Gasteiger partial charge is 0.299 e. The summed E-state index contributed by atoms with van der Waals surface area (Å²) >= 11 is 3.31. The normalized spacial score (nSPS) is 13.8. The molecule has 6 heteroatoms. The largest absolute Gasteiger partial charge is 0.355 e. The van der Waals surface area contributed by atoms with Crippen molar-refractivity contribution in [2.75, 3.05) is 18.0 Å². The van der Waals surface area contributed by atoms with Crippen molar-refractivity contribution >= 4 is 39.2 Å². The summed E-state index contributed by atoms with van der Waals surface area (Å²) in [4.78, 5) is 37.0. The van der Waals surface area contributed by atoms with E-state index in [1.807, 2.05) is 0 Å². The summed E-state index contributed by atoms with van der Waals surface area (Å²) in [5.74, 6) is -0.976. The third kappa shape index (κ3) is 3.50. The molecule has 1 heterocycles. The number of nitrogens with zero attached hydrogens (tertiary/aromatic N) is 1. The van der Waals surface area contributed by atoms with Crippen molar-refractivity contribution in [2.24, 2.45) is 5.92 Å². The Morgan fingerprint density at radius 2 is 2.05 bits per heavy atom. The number of hydrogen-bond donors (Lipinski definition) is 1. The fourth-order valence-corrected chi connectivity index (χ4v) is 2.47. The van der Waals surface area contributed by atoms with Crippen LogP contribution < -0.4 is 10.2 Å². The van der Waals surface area contributed by atoms with Crippen LogP contribution in [0.3, 0.4) is 0 Å². The molecule has 112 valence electrons. The van der Waals surface area contributed by atoms with Gasteiger partial charge in [0.2, 0.25) is 5.91 Å². The van der Waals surface area contributed by atoms with Crippen molar-refractivity contribution in [2.45, 2.75) is 20.3 Å². The lowest BCUT2D eigenvalue weighted by atomic mass is 10.1. The number of anilines is 1. The molecule has 5 nitrogen and oxygen atoms in total. The molecule has 21 heavy (non-hydrogen) atoms. The number of halogens is 1. The highest BCUT2D eigenvalue weighted by atomic mass is 79.9. The van der Waals surface area contributed by atoms with Gasteiger partial charge in [-0.05, 0) is 30.5 Å². The molecule has 0 aromatic heterocycles. The first kappa shape index (κ1) is 15.7. The first-order valence-corrected chi connectivity index (χ1v) is 7.62. The van der Waals surface area contributed by atoms with Gasteiger partial charge in [0.05, 0.1) is 11.3 Å². The molecule has 0 aliphatic carbocycles. The molecule has 0 saturated carbocycles. The van der Waals surface area contributed by atoms with Crippen LogP contribution in [0.4, 0.5) is 5.69 Å². The molecular weight excluding hydrogens is 336 g/mol. The second kappa shape index (κ2) is 6.39. The molecule has 1 aliphatic heterocycles. The van der Waals surface area contributed by atoms with Gasteiger partial charge in [-0.3, -0.25) is 19.3 Å². The minimum Gasteiger partial charge on any atom is -0.355 e. The monoisotopic (exact) mass is 352 g/mol. The molecule has 0 radical (unpaired) electrons. The van der Waals surface area contributed by atoms with E-state index in [4.69, 9.17) is 0 Å². The first-order valence-electron chi connectivity index (χ1n) is 6.82. The first-order chi connectivity index (χ1) is 9.90. The summed E-state index contributed by atoms with van der Waals surface area (Å²) in [5, 5.41) is 2.77. The number of carbonyl (C=O) groups excluding carboxylic acids is 3. The number of ketones is 1. The average Bonchev–Trinajstić information content (AvgIpc) is 2.63. The SMILES string of the molecule is CC(C)CCNC(=O)CN1C(=O)C(=O)c2ccc(Br)cc21. The zero-order valence-corrected chi connectivity index (χ0v) is 13.6. The second-order valence-electron chi connectivity index (χ2n) is 5.41. The summed E-state index contributed by atoms with van der Waals surface area (Å²) in [7, 11) is 0. The lowest BCUT2D eigenvalue weighted by molar-refractivity contribution is -0.122. The van der Waals surface area contributed by atoms with Gasteiger partial charge in [-0.25, -0.2) is 0 Å². The van der Waals surface area contributed by atoms with Crippen LogP contribution in [0.1, 0.15) is 30.6 Å². The third-order valence-corrected chi connectivity index (χ3v) is 3.77. The quantitative estimate of drug-likeness (QED) is 0.825. The van der Waals surface area contributed by atoms with Gasteiger partial charge in [0.15, 0.2) is 0 Å². The molecule has 0 saturated heterocycles. The van der Waals surface area contributed by atoms with Crippen LogP contribution in [0.25, 0.3) is 0 Å². The van der Waals surface area contributed by atoms with Crippen LogP contribution in [0.15, 0.2) is 22.7 Å². The minimum atomic E-state index is -0.651. The molecule has 0 bridgehead atoms. The van der Waals surface area contributed by atoms with Crippen molar-refractivity contribution in [1.29, 1.82) is 0 Å². The van der Waals surface area contributed by atoms with E-state index in [1.165, 1.54) is 4.90 Å². The van der Waals surface area contributed by atoms with E-state index in [0.29, 0.717) is 23.7 Å². The van der Waals surface area contributed by atoms with Crippen LogP contribution in [0.2, 0.25) is 0 Å². The Bertz CT molecular complexity index is 599. The third-order valence-electron chi connectivity index (χ3n) is 3.28. The Hall–Kier alpha value is -1.69. The number of hydrogen-bond acceptors (Lipinski definition) is 3. The lowest BCUT2D eigenvalue weighted by Crippen LogP contribution is -2.40. The molecule has 0 unspecified atom stereocenters. The van der Waals surface area contributed by atoms with Gasteiger partial charge in [0.1, 0.15) is 6.54 Å². The Morgan fingerprint density at radius 1 is 1.33 bits per heavy atom. The molecule has 1 N–H and O–H groups in total. The van der Waals surface area contributed by atoms with Gasteiger partial charge >= 0.3 is 0 Å². The topological polar surface area (TPSA) is 66.5 Å². The second-order valence-corrected chi connectivity index (χ2v) is 6.33. The number of Topliss-reactive ketones (excluding diaryl/α,β-unsaturated/α-hetero) is 1. The van der Waals surface area contributed by atoms with Crippen molar-refractivity contribution in [3.05, 3.63) is 28.2 Å². The van der Waals surface area contributed by atoms with E-state index in [0.717, 1.165) is 10.9 Å². The van der Waals surface area contributed by atoms with Crippen LogP contribution in [-0.4, -0.2) is 30.7 Å². The van der Waals surface area contributed by atoms with Gasteiger partial charge in [-0.15, -0.1) is 0 Å². The average molecular weight is 353 g/mol. The van der Waals surface area contributed by atoms with E-state index in [1.54, 1.807) is 18.2 Å². The molecule has 1 aliphatic rings. The van der Waals surface area contributed by atoms with E-state index in [9.17, 15) is 14.4 Å². The summed E-state index contributed by atoms with van der Waals surface area (Å²) < 4.78 is 0.758. The van der Waals surface area contributed by atoms with Crippen LogP contribution in [0.5, 0.6) is 0 Å². The number of carbonyl (C=O) groups is 3. The molecule has 1 aromatic rings. The molecule has 0 atom stereocenters. The fraction of sp³-hybridized carbons (Fsp3) is 0.400. The fourth-order valence-electron chi connectivity index (χ4n) is 2.12. The maximum atomic E-state index is 12.0. The standard InChI is InChI=1S/C15H17BrN2O3/c1-9(2)5-6-17-13(19)8-18-12-7-10(16)3-4-11(12)14(20)15(18)21/h3-4,7,9H,5-6,8H2,1-2H3,(H,17,19). The summed E-state index contributed by atoms with van der Waals surface area (Å²) in [6.45, 7) is 4.58. The zero-order chi connectivity index (χ0) is 15.6. The van der Waals surface area contributed by atoms with Gasteiger partial charge < -0.3 is 5.32 Å². The van der Waals surface area contributed by atoms with Crippen LogP contribution >= 0.6 is 15.9 Å².